The van der Waals surface area contributed by atoms with E-state index in [1.54, 1.807) is 12.1 Å². The number of nitrogens with zero attached hydrogens (tertiary/aromatic N) is 2. The molecule has 0 bridgehead atoms. The summed E-state index contributed by atoms with van der Waals surface area (Å²) in [5.74, 6) is -0.158. The van der Waals surface area contributed by atoms with Crippen molar-refractivity contribution in [3.8, 4) is 5.75 Å². The maximum atomic E-state index is 12.4. The first-order valence-electron chi connectivity index (χ1n) is 8.10. The number of ether oxygens (including phenoxy) is 1. The number of nitrogens with one attached hydrogen (secondary N) is 2. The summed E-state index contributed by atoms with van der Waals surface area (Å²) >= 11 is 1.33. The zero-order chi connectivity index (χ0) is 18.2. The van der Waals surface area contributed by atoms with E-state index >= 15 is 0 Å². The van der Waals surface area contributed by atoms with Crippen LogP contribution in [0.15, 0.2) is 30.3 Å². The molecule has 134 valence electrons. The Balaban J connectivity index is 1.90. The average molecular weight is 362 g/mol. The summed E-state index contributed by atoms with van der Waals surface area (Å²) in [5, 5.41) is 14.6. The summed E-state index contributed by atoms with van der Waals surface area (Å²) in [7, 11) is 0. The van der Waals surface area contributed by atoms with Crippen molar-refractivity contribution in [2.75, 3.05) is 11.9 Å². The lowest BCUT2D eigenvalue weighted by Gasteiger charge is -2.21. The van der Waals surface area contributed by atoms with Crippen LogP contribution in [0.2, 0.25) is 0 Å². The lowest BCUT2D eigenvalue weighted by atomic mass is 10.0. The zero-order valence-electron chi connectivity index (χ0n) is 14.5. The molecule has 1 aromatic heterocycles. The molecular formula is C17H22N4O3S. The van der Waals surface area contributed by atoms with Crippen molar-refractivity contribution in [1.29, 1.82) is 0 Å². The van der Waals surface area contributed by atoms with Crippen molar-refractivity contribution in [3.05, 3.63) is 35.3 Å². The Labute approximate surface area is 150 Å². The van der Waals surface area contributed by atoms with Gasteiger partial charge in [0, 0.05) is 0 Å². The third kappa shape index (κ3) is 5.82. The number of rotatable bonds is 8. The molecule has 0 saturated carbocycles. The van der Waals surface area contributed by atoms with Crippen molar-refractivity contribution < 1.29 is 14.3 Å². The van der Waals surface area contributed by atoms with Gasteiger partial charge in [-0.05, 0) is 24.5 Å². The van der Waals surface area contributed by atoms with Gasteiger partial charge in [-0.3, -0.25) is 14.9 Å². The topological polar surface area (TPSA) is 93.2 Å². The first-order chi connectivity index (χ1) is 12.0. The minimum atomic E-state index is -0.680. The molecule has 2 amide bonds. The quantitative estimate of drug-likeness (QED) is 0.751. The molecule has 0 fully saturated rings. The molecule has 2 aromatic rings. The molecule has 1 atom stereocenters. The van der Waals surface area contributed by atoms with E-state index in [1.165, 1.54) is 11.3 Å². The van der Waals surface area contributed by atoms with Crippen LogP contribution in [-0.2, 0) is 16.0 Å². The Kier molecular flexibility index (Phi) is 6.88. The molecule has 0 spiro atoms. The van der Waals surface area contributed by atoms with Crippen molar-refractivity contribution in [2.45, 2.75) is 33.2 Å². The van der Waals surface area contributed by atoms with Crippen LogP contribution in [-0.4, -0.2) is 34.7 Å². The molecule has 2 rings (SSSR count). The molecule has 1 unspecified atom stereocenters. The number of carbonyl (C=O) groups is 2. The standard InChI is InChI=1S/C17H22N4O3S/c1-4-14-20-21-17(25-14)19-16(23)15(11(2)3)18-13(22)10-24-12-8-6-5-7-9-12/h5-9,11,15H,4,10H2,1-3H3,(H,18,22)(H,19,21,23). The summed E-state index contributed by atoms with van der Waals surface area (Å²) in [4.78, 5) is 24.5. The third-order valence-electron chi connectivity index (χ3n) is 3.38. The smallest absolute Gasteiger partial charge is 0.258 e. The normalized spacial score (nSPS) is 11.8. The lowest BCUT2D eigenvalue weighted by Crippen LogP contribution is -2.48. The molecule has 8 heteroatoms. The monoisotopic (exact) mass is 362 g/mol. The van der Waals surface area contributed by atoms with Crippen LogP contribution >= 0.6 is 11.3 Å². The van der Waals surface area contributed by atoms with E-state index < -0.39 is 6.04 Å². The summed E-state index contributed by atoms with van der Waals surface area (Å²) in [6, 6.07) is 8.36. The highest BCUT2D eigenvalue weighted by atomic mass is 32.1. The molecule has 1 aromatic carbocycles. The maximum Gasteiger partial charge on any atom is 0.258 e. The van der Waals surface area contributed by atoms with Crippen LogP contribution in [0.4, 0.5) is 5.13 Å². The van der Waals surface area contributed by atoms with Crippen LogP contribution < -0.4 is 15.4 Å². The Morgan fingerprint density at radius 2 is 1.92 bits per heavy atom. The first kappa shape index (κ1) is 18.9. The number of anilines is 1. The maximum absolute atomic E-state index is 12.4. The third-order valence-corrected chi connectivity index (χ3v) is 4.36. The molecule has 0 aliphatic carbocycles. The Bertz CT molecular complexity index is 703. The van der Waals surface area contributed by atoms with E-state index in [0.29, 0.717) is 10.9 Å². The molecule has 0 saturated heterocycles. The minimum absolute atomic E-state index is 0.0840. The van der Waals surface area contributed by atoms with E-state index in [2.05, 4.69) is 20.8 Å². The van der Waals surface area contributed by atoms with Crippen LogP contribution in [0.5, 0.6) is 5.75 Å². The van der Waals surface area contributed by atoms with Gasteiger partial charge in [0.1, 0.15) is 16.8 Å². The first-order valence-corrected chi connectivity index (χ1v) is 8.91. The summed E-state index contributed by atoms with van der Waals surface area (Å²) in [5.41, 5.74) is 0. The van der Waals surface area contributed by atoms with Gasteiger partial charge in [0.2, 0.25) is 11.0 Å². The highest BCUT2D eigenvalue weighted by Gasteiger charge is 2.25. The van der Waals surface area contributed by atoms with E-state index in [4.69, 9.17) is 4.74 Å². The van der Waals surface area contributed by atoms with E-state index in [0.717, 1.165) is 11.4 Å². The van der Waals surface area contributed by atoms with E-state index in [-0.39, 0.29) is 24.3 Å². The van der Waals surface area contributed by atoms with Crippen molar-refractivity contribution in [1.82, 2.24) is 15.5 Å². The van der Waals surface area contributed by atoms with Gasteiger partial charge in [0.25, 0.3) is 5.91 Å². The molecule has 0 aliphatic rings. The van der Waals surface area contributed by atoms with Gasteiger partial charge < -0.3 is 10.1 Å². The van der Waals surface area contributed by atoms with Gasteiger partial charge in [-0.2, -0.15) is 0 Å². The van der Waals surface area contributed by atoms with Crippen LogP contribution in [0.3, 0.4) is 0 Å². The molecule has 0 radical (unpaired) electrons. The highest BCUT2D eigenvalue weighted by molar-refractivity contribution is 7.15. The second-order valence-corrected chi connectivity index (χ2v) is 6.80. The van der Waals surface area contributed by atoms with Crippen molar-refractivity contribution in [2.24, 2.45) is 5.92 Å². The molecule has 25 heavy (non-hydrogen) atoms. The van der Waals surface area contributed by atoms with E-state index in [9.17, 15) is 9.59 Å². The van der Waals surface area contributed by atoms with Gasteiger partial charge in [-0.15, -0.1) is 10.2 Å². The van der Waals surface area contributed by atoms with Crippen LogP contribution in [0.25, 0.3) is 0 Å². The van der Waals surface area contributed by atoms with Gasteiger partial charge in [-0.1, -0.05) is 50.3 Å². The SMILES string of the molecule is CCc1nnc(NC(=O)C(NC(=O)COc2ccccc2)C(C)C)s1. The summed E-state index contributed by atoms with van der Waals surface area (Å²) < 4.78 is 5.40. The van der Waals surface area contributed by atoms with Gasteiger partial charge in [0.15, 0.2) is 6.61 Å². The largest absolute Gasteiger partial charge is 0.484 e. The average Bonchev–Trinajstić information content (AvgIpc) is 3.06. The second kappa shape index (κ2) is 9.12. The number of para-hydroxylation sites is 1. The second-order valence-electron chi connectivity index (χ2n) is 5.73. The predicted molar refractivity (Wildman–Crippen MR) is 96.6 cm³/mol. The molecular weight excluding hydrogens is 340 g/mol. The predicted octanol–water partition coefficient (Wildman–Crippen LogP) is 2.26. The molecule has 2 N–H and O–H groups in total. The van der Waals surface area contributed by atoms with Crippen molar-refractivity contribution >= 4 is 28.3 Å². The fourth-order valence-corrected chi connectivity index (χ4v) is 2.73. The number of aromatic nitrogens is 2. The lowest BCUT2D eigenvalue weighted by molar-refractivity contribution is -0.128. The number of hydrogen-bond donors (Lipinski definition) is 2. The molecule has 0 aliphatic heterocycles. The number of hydrogen-bond acceptors (Lipinski definition) is 6. The molecule has 1 heterocycles. The van der Waals surface area contributed by atoms with Gasteiger partial charge in [-0.25, -0.2) is 0 Å². The summed E-state index contributed by atoms with van der Waals surface area (Å²) in [6.07, 6.45) is 0.759. The molecule has 7 nitrogen and oxygen atoms in total. The summed E-state index contributed by atoms with van der Waals surface area (Å²) in [6.45, 7) is 5.54. The van der Waals surface area contributed by atoms with Gasteiger partial charge in [0.05, 0.1) is 0 Å². The zero-order valence-corrected chi connectivity index (χ0v) is 15.3. The number of amides is 2. The highest BCUT2D eigenvalue weighted by Crippen LogP contribution is 2.16. The van der Waals surface area contributed by atoms with Crippen LogP contribution in [0, 0.1) is 5.92 Å². The van der Waals surface area contributed by atoms with Crippen molar-refractivity contribution in [3.63, 3.8) is 0 Å². The van der Waals surface area contributed by atoms with Crippen LogP contribution in [0.1, 0.15) is 25.8 Å². The number of benzene rings is 1. The minimum Gasteiger partial charge on any atom is -0.484 e. The van der Waals surface area contributed by atoms with Gasteiger partial charge >= 0.3 is 0 Å². The fourth-order valence-electron chi connectivity index (χ4n) is 2.05. The Morgan fingerprint density at radius 1 is 1.20 bits per heavy atom. The Morgan fingerprint density at radius 3 is 2.52 bits per heavy atom. The fraction of sp³-hybridized carbons (Fsp3) is 0.412. The number of carbonyl (C=O) groups excluding carboxylic acids is 2. The number of aryl methyl sites for hydroxylation is 1. The Hall–Kier alpha value is -2.48. The van der Waals surface area contributed by atoms with E-state index in [1.807, 2.05) is 39.0 Å².